The van der Waals surface area contributed by atoms with Gasteiger partial charge in [0.25, 0.3) is 0 Å². The highest BCUT2D eigenvalue weighted by Gasteiger charge is 2.41. The van der Waals surface area contributed by atoms with Crippen LogP contribution >= 0.6 is 0 Å². The fraction of sp³-hybridized carbons (Fsp3) is 0.900. The highest BCUT2D eigenvalue weighted by Crippen LogP contribution is 2.16. The van der Waals surface area contributed by atoms with E-state index in [9.17, 15) is 15.0 Å². The summed E-state index contributed by atoms with van der Waals surface area (Å²) in [5.74, 6) is -0.163. The predicted octanol–water partition coefficient (Wildman–Crippen LogP) is -2.04. The maximum Gasteiger partial charge on any atom is 0.221 e. The van der Waals surface area contributed by atoms with E-state index in [1.54, 1.807) is 0 Å². The summed E-state index contributed by atoms with van der Waals surface area (Å²) in [6.45, 7) is 2.30. The quantitative estimate of drug-likeness (QED) is 0.376. The zero-order chi connectivity index (χ0) is 12.1. The molecule has 0 aliphatic carbocycles. The lowest BCUT2D eigenvalue weighted by Gasteiger charge is -2.15. The number of aliphatic hydroxyl groups excluding tert-OH is 3. The molecule has 1 amide bonds. The highest BCUT2D eigenvalue weighted by atomic mass is 16.3. The third-order valence-electron chi connectivity index (χ3n) is 2.78. The number of amides is 1. The molecule has 0 radical (unpaired) electrons. The van der Waals surface area contributed by atoms with Gasteiger partial charge in [0.05, 0.1) is 24.9 Å². The first kappa shape index (κ1) is 13.4. The Morgan fingerprint density at radius 3 is 2.44 bits per heavy atom. The molecule has 6 nitrogen and oxygen atoms in total. The second-order valence-corrected chi connectivity index (χ2v) is 4.10. The Bertz CT molecular complexity index is 237. The molecule has 0 saturated carbocycles. The van der Waals surface area contributed by atoms with Gasteiger partial charge in [0.1, 0.15) is 0 Å². The van der Waals surface area contributed by atoms with Crippen molar-refractivity contribution in [2.24, 2.45) is 0 Å². The SMILES string of the molecule is CCCNC(=O)C[C@H]1N[C@H](CO)[C@@H](O)[C@H]1O. The minimum atomic E-state index is -1.02. The number of carbonyl (C=O) groups excluding carboxylic acids is 1. The predicted molar refractivity (Wildman–Crippen MR) is 57.7 cm³/mol. The molecule has 1 fully saturated rings. The Morgan fingerprint density at radius 2 is 1.94 bits per heavy atom. The van der Waals surface area contributed by atoms with Crippen LogP contribution in [0.5, 0.6) is 0 Å². The molecule has 1 aliphatic rings. The smallest absolute Gasteiger partial charge is 0.221 e. The Morgan fingerprint density at radius 1 is 1.31 bits per heavy atom. The molecule has 1 aliphatic heterocycles. The first-order chi connectivity index (χ1) is 7.60. The molecule has 4 atom stereocenters. The van der Waals surface area contributed by atoms with Crippen LogP contribution in [-0.2, 0) is 4.79 Å². The summed E-state index contributed by atoms with van der Waals surface area (Å²) in [6, 6.07) is -1.05. The van der Waals surface area contributed by atoms with E-state index in [2.05, 4.69) is 10.6 Å². The first-order valence-electron chi connectivity index (χ1n) is 5.59. The van der Waals surface area contributed by atoms with Gasteiger partial charge in [-0.25, -0.2) is 0 Å². The molecule has 0 aromatic rings. The summed E-state index contributed by atoms with van der Waals surface area (Å²) >= 11 is 0. The summed E-state index contributed by atoms with van der Waals surface area (Å²) < 4.78 is 0. The monoisotopic (exact) mass is 232 g/mol. The van der Waals surface area contributed by atoms with Gasteiger partial charge >= 0.3 is 0 Å². The van der Waals surface area contributed by atoms with Crippen molar-refractivity contribution in [3.63, 3.8) is 0 Å². The summed E-state index contributed by atoms with van der Waals surface area (Å²) in [6.07, 6.45) is -1.07. The molecule has 1 rings (SSSR count). The van der Waals surface area contributed by atoms with Crippen molar-refractivity contribution in [3.8, 4) is 0 Å². The summed E-state index contributed by atoms with van der Waals surface area (Å²) in [5, 5.41) is 33.6. The lowest BCUT2D eigenvalue weighted by molar-refractivity contribution is -0.122. The fourth-order valence-electron chi connectivity index (χ4n) is 1.82. The van der Waals surface area contributed by atoms with Crippen molar-refractivity contribution in [1.82, 2.24) is 10.6 Å². The van der Waals surface area contributed by atoms with Crippen molar-refractivity contribution in [1.29, 1.82) is 0 Å². The van der Waals surface area contributed by atoms with E-state index in [0.717, 1.165) is 6.42 Å². The zero-order valence-corrected chi connectivity index (χ0v) is 9.39. The van der Waals surface area contributed by atoms with Crippen LogP contribution in [0.25, 0.3) is 0 Å². The molecular formula is C10H20N2O4. The van der Waals surface area contributed by atoms with Crippen LogP contribution in [0.2, 0.25) is 0 Å². The Kier molecular flexibility index (Phi) is 5.14. The van der Waals surface area contributed by atoms with Gasteiger partial charge in [0, 0.05) is 19.0 Å². The van der Waals surface area contributed by atoms with Crippen LogP contribution in [-0.4, -0.2) is 58.7 Å². The topological polar surface area (TPSA) is 102 Å². The van der Waals surface area contributed by atoms with Gasteiger partial charge in [-0.3, -0.25) is 4.79 Å². The van der Waals surface area contributed by atoms with Gasteiger partial charge in [-0.05, 0) is 6.42 Å². The highest BCUT2D eigenvalue weighted by molar-refractivity contribution is 5.76. The molecule has 5 N–H and O–H groups in total. The standard InChI is InChI=1S/C10H20N2O4/c1-2-3-11-8(14)4-6-9(15)10(16)7(5-13)12-6/h6-7,9-10,12-13,15-16H,2-5H2,1H3,(H,11,14)/t6-,7-,9+,10-/m1/s1. The molecule has 94 valence electrons. The van der Waals surface area contributed by atoms with Crippen LogP contribution in [0.15, 0.2) is 0 Å². The number of aliphatic hydroxyl groups is 3. The molecular weight excluding hydrogens is 212 g/mol. The van der Waals surface area contributed by atoms with Crippen LogP contribution in [0, 0.1) is 0 Å². The summed E-state index contributed by atoms with van der Waals surface area (Å²) in [7, 11) is 0. The normalized spacial score (nSPS) is 34.0. The lowest BCUT2D eigenvalue weighted by atomic mass is 10.1. The average Bonchev–Trinajstić information content (AvgIpc) is 2.54. The van der Waals surface area contributed by atoms with E-state index >= 15 is 0 Å². The van der Waals surface area contributed by atoms with Gasteiger partial charge in [0.15, 0.2) is 0 Å². The van der Waals surface area contributed by atoms with E-state index in [0.29, 0.717) is 6.54 Å². The van der Waals surface area contributed by atoms with Crippen molar-refractivity contribution in [2.75, 3.05) is 13.2 Å². The molecule has 6 heteroatoms. The fourth-order valence-corrected chi connectivity index (χ4v) is 1.82. The third-order valence-corrected chi connectivity index (χ3v) is 2.78. The van der Waals surface area contributed by atoms with E-state index < -0.39 is 24.3 Å². The van der Waals surface area contributed by atoms with Gasteiger partial charge in [-0.2, -0.15) is 0 Å². The van der Waals surface area contributed by atoms with Crippen molar-refractivity contribution < 1.29 is 20.1 Å². The largest absolute Gasteiger partial charge is 0.395 e. The number of carbonyl (C=O) groups is 1. The molecule has 0 unspecified atom stereocenters. The van der Waals surface area contributed by atoms with Crippen LogP contribution < -0.4 is 10.6 Å². The molecule has 16 heavy (non-hydrogen) atoms. The van der Waals surface area contributed by atoms with Crippen LogP contribution in [0.4, 0.5) is 0 Å². The third kappa shape index (κ3) is 3.15. The second kappa shape index (κ2) is 6.15. The molecule has 0 aromatic carbocycles. The second-order valence-electron chi connectivity index (χ2n) is 4.10. The molecule has 1 heterocycles. The molecule has 0 aromatic heterocycles. The Labute approximate surface area is 94.7 Å². The van der Waals surface area contributed by atoms with E-state index in [-0.39, 0.29) is 18.9 Å². The van der Waals surface area contributed by atoms with E-state index in [1.807, 2.05) is 6.92 Å². The maximum absolute atomic E-state index is 11.4. The van der Waals surface area contributed by atoms with Gasteiger partial charge < -0.3 is 26.0 Å². The molecule has 0 bridgehead atoms. The van der Waals surface area contributed by atoms with Gasteiger partial charge in [0.2, 0.25) is 5.91 Å². The van der Waals surface area contributed by atoms with Crippen molar-refractivity contribution >= 4 is 5.91 Å². The van der Waals surface area contributed by atoms with E-state index in [1.165, 1.54) is 0 Å². The number of nitrogens with one attached hydrogen (secondary N) is 2. The number of hydrogen-bond donors (Lipinski definition) is 5. The summed E-state index contributed by atoms with van der Waals surface area (Å²) in [4.78, 5) is 11.4. The maximum atomic E-state index is 11.4. The lowest BCUT2D eigenvalue weighted by Crippen LogP contribution is -2.39. The molecule has 1 saturated heterocycles. The van der Waals surface area contributed by atoms with E-state index in [4.69, 9.17) is 5.11 Å². The van der Waals surface area contributed by atoms with Crippen LogP contribution in [0.3, 0.4) is 0 Å². The number of rotatable bonds is 5. The number of hydrogen-bond acceptors (Lipinski definition) is 5. The van der Waals surface area contributed by atoms with Crippen molar-refractivity contribution in [2.45, 2.75) is 44.1 Å². The average molecular weight is 232 g/mol. The van der Waals surface area contributed by atoms with Crippen molar-refractivity contribution in [3.05, 3.63) is 0 Å². The Hall–Kier alpha value is -0.690. The van der Waals surface area contributed by atoms with Gasteiger partial charge in [-0.15, -0.1) is 0 Å². The van der Waals surface area contributed by atoms with Crippen LogP contribution in [0.1, 0.15) is 19.8 Å². The molecule has 0 spiro atoms. The Balaban J connectivity index is 2.40. The minimum absolute atomic E-state index is 0.106. The zero-order valence-electron chi connectivity index (χ0n) is 9.39. The first-order valence-corrected chi connectivity index (χ1v) is 5.59. The van der Waals surface area contributed by atoms with Gasteiger partial charge in [-0.1, -0.05) is 6.92 Å². The summed E-state index contributed by atoms with van der Waals surface area (Å²) in [5.41, 5.74) is 0. The minimum Gasteiger partial charge on any atom is -0.395 e.